The number of nitrogens with one attached hydrogen (secondary N) is 1. The number of hydrogen-bond donors (Lipinski definition) is 1. The van der Waals surface area contributed by atoms with Gasteiger partial charge in [-0.3, -0.25) is 4.79 Å². The van der Waals surface area contributed by atoms with Crippen LogP contribution in [-0.4, -0.2) is 22.4 Å². The Kier molecular flexibility index (Phi) is 5.33. The minimum atomic E-state index is -2.69. The van der Waals surface area contributed by atoms with Crippen molar-refractivity contribution >= 4 is 22.6 Å². The van der Waals surface area contributed by atoms with Crippen LogP contribution in [-0.2, 0) is 6.42 Å². The first-order valence-corrected chi connectivity index (χ1v) is 9.30. The standard InChI is InChI=1S/C23H19F2N3O/c24-21(25)22-26-19-12-11-17(15-20(19)27-22)23(29)28(18-9-5-2-6-10-18)14-13-16-7-3-1-4-8-16/h1-12,15,21H,13-14H2,(H,26,27). The number of carbonyl (C=O) groups is 1. The SMILES string of the molecule is O=C(c1ccc2nc(C(F)F)[nH]c2c1)N(CCc1ccccc1)c1ccccc1. The third kappa shape index (κ3) is 4.16. The van der Waals surface area contributed by atoms with E-state index >= 15 is 0 Å². The molecule has 0 saturated carbocycles. The van der Waals surface area contributed by atoms with Crippen LogP contribution in [0.5, 0.6) is 0 Å². The predicted octanol–water partition coefficient (Wildman–Crippen LogP) is 5.39. The highest BCUT2D eigenvalue weighted by Gasteiger charge is 2.19. The lowest BCUT2D eigenvalue weighted by Gasteiger charge is -2.23. The van der Waals surface area contributed by atoms with Crippen molar-refractivity contribution < 1.29 is 13.6 Å². The van der Waals surface area contributed by atoms with E-state index in [1.54, 1.807) is 23.1 Å². The number of aromatic nitrogens is 2. The summed E-state index contributed by atoms with van der Waals surface area (Å²) in [4.78, 5) is 21.5. The number of aromatic amines is 1. The molecule has 0 aliphatic heterocycles. The number of hydrogen-bond acceptors (Lipinski definition) is 2. The lowest BCUT2D eigenvalue weighted by Crippen LogP contribution is -2.32. The van der Waals surface area contributed by atoms with Gasteiger partial charge < -0.3 is 9.88 Å². The van der Waals surface area contributed by atoms with Crippen LogP contribution >= 0.6 is 0 Å². The number of halogens is 2. The number of nitrogens with zero attached hydrogens (tertiary/aromatic N) is 2. The number of imidazole rings is 1. The van der Waals surface area contributed by atoms with Gasteiger partial charge >= 0.3 is 0 Å². The Bertz CT molecular complexity index is 1110. The first-order chi connectivity index (χ1) is 14.1. The number of carbonyl (C=O) groups excluding carboxylic acids is 1. The van der Waals surface area contributed by atoms with Gasteiger partial charge in [-0.15, -0.1) is 0 Å². The summed E-state index contributed by atoms with van der Waals surface area (Å²) in [7, 11) is 0. The van der Waals surface area contributed by atoms with Crippen molar-refractivity contribution in [2.24, 2.45) is 0 Å². The molecule has 0 unspecified atom stereocenters. The monoisotopic (exact) mass is 391 g/mol. The molecule has 1 heterocycles. The topological polar surface area (TPSA) is 49.0 Å². The Labute approximate surface area is 166 Å². The highest BCUT2D eigenvalue weighted by Crippen LogP contribution is 2.23. The Morgan fingerprint density at radius 2 is 1.66 bits per heavy atom. The van der Waals surface area contributed by atoms with Crippen LogP contribution in [0.15, 0.2) is 78.9 Å². The van der Waals surface area contributed by atoms with Gasteiger partial charge in [0.25, 0.3) is 12.3 Å². The molecule has 4 nitrogen and oxygen atoms in total. The second-order valence-corrected chi connectivity index (χ2v) is 6.68. The summed E-state index contributed by atoms with van der Waals surface area (Å²) in [5.41, 5.74) is 3.16. The van der Waals surface area contributed by atoms with E-state index in [4.69, 9.17) is 0 Å². The van der Waals surface area contributed by atoms with Crippen molar-refractivity contribution in [1.82, 2.24) is 9.97 Å². The Morgan fingerprint density at radius 1 is 0.966 bits per heavy atom. The Morgan fingerprint density at radius 3 is 2.34 bits per heavy atom. The van der Waals surface area contributed by atoms with Crippen LogP contribution in [0.3, 0.4) is 0 Å². The fraction of sp³-hybridized carbons (Fsp3) is 0.130. The van der Waals surface area contributed by atoms with Gasteiger partial charge in [0, 0.05) is 17.8 Å². The van der Waals surface area contributed by atoms with E-state index in [1.807, 2.05) is 60.7 Å². The zero-order chi connectivity index (χ0) is 20.2. The van der Waals surface area contributed by atoms with Crippen LogP contribution in [0.2, 0.25) is 0 Å². The van der Waals surface area contributed by atoms with E-state index in [-0.39, 0.29) is 5.91 Å². The third-order valence-electron chi connectivity index (χ3n) is 4.73. The van der Waals surface area contributed by atoms with E-state index in [0.717, 1.165) is 11.3 Å². The van der Waals surface area contributed by atoms with E-state index < -0.39 is 12.2 Å². The van der Waals surface area contributed by atoms with Crippen LogP contribution in [0.1, 0.15) is 28.2 Å². The number of rotatable bonds is 6. The molecule has 0 fully saturated rings. The maximum atomic E-state index is 13.3. The molecular formula is C23H19F2N3O. The van der Waals surface area contributed by atoms with Crippen molar-refractivity contribution in [2.45, 2.75) is 12.8 Å². The van der Waals surface area contributed by atoms with Gasteiger partial charge in [-0.1, -0.05) is 48.5 Å². The molecule has 29 heavy (non-hydrogen) atoms. The third-order valence-corrected chi connectivity index (χ3v) is 4.73. The smallest absolute Gasteiger partial charge is 0.295 e. The van der Waals surface area contributed by atoms with Gasteiger partial charge in [0.1, 0.15) is 0 Å². The number of alkyl halides is 2. The average molecular weight is 391 g/mol. The van der Waals surface area contributed by atoms with Gasteiger partial charge in [0.05, 0.1) is 11.0 Å². The summed E-state index contributed by atoms with van der Waals surface area (Å²) >= 11 is 0. The molecule has 0 saturated heterocycles. The zero-order valence-corrected chi connectivity index (χ0v) is 15.6. The van der Waals surface area contributed by atoms with E-state index in [9.17, 15) is 13.6 Å². The number of benzene rings is 3. The van der Waals surface area contributed by atoms with Crippen molar-refractivity contribution in [2.75, 3.05) is 11.4 Å². The molecule has 146 valence electrons. The van der Waals surface area contributed by atoms with Crippen LogP contribution in [0.4, 0.5) is 14.5 Å². The van der Waals surface area contributed by atoms with Gasteiger partial charge in [-0.25, -0.2) is 13.8 Å². The maximum absolute atomic E-state index is 13.3. The second-order valence-electron chi connectivity index (χ2n) is 6.68. The molecule has 4 aromatic rings. The van der Waals surface area contributed by atoms with Crippen LogP contribution < -0.4 is 4.90 Å². The average Bonchev–Trinajstić information content (AvgIpc) is 3.19. The molecule has 0 aliphatic rings. The zero-order valence-electron chi connectivity index (χ0n) is 15.6. The van der Waals surface area contributed by atoms with Crippen molar-refractivity contribution in [3.05, 3.63) is 95.8 Å². The number of amides is 1. The normalized spacial score (nSPS) is 11.1. The van der Waals surface area contributed by atoms with Gasteiger partial charge in [-0.2, -0.15) is 0 Å². The summed E-state index contributed by atoms with van der Waals surface area (Å²) in [6.45, 7) is 0.496. The first kappa shape index (κ1) is 18.8. The van der Waals surface area contributed by atoms with E-state index in [0.29, 0.717) is 29.6 Å². The van der Waals surface area contributed by atoms with Gasteiger partial charge in [0.15, 0.2) is 5.82 Å². The summed E-state index contributed by atoms with van der Waals surface area (Å²) in [5, 5.41) is 0. The van der Waals surface area contributed by atoms with Gasteiger partial charge in [-0.05, 0) is 42.3 Å². The highest BCUT2D eigenvalue weighted by molar-refractivity contribution is 6.07. The maximum Gasteiger partial charge on any atom is 0.295 e. The lowest BCUT2D eigenvalue weighted by molar-refractivity contribution is 0.0987. The number of fused-ring (bicyclic) bond motifs is 1. The van der Waals surface area contributed by atoms with Crippen LogP contribution in [0, 0.1) is 0 Å². The fourth-order valence-electron chi connectivity index (χ4n) is 3.26. The Hall–Kier alpha value is -3.54. The van der Waals surface area contributed by atoms with Crippen LogP contribution in [0.25, 0.3) is 11.0 Å². The van der Waals surface area contributed by atoms with Crippen molar-refractivity contribution in [1.29, 1.82) is 0 Å². The summed E-state index contributed by atoms with van der Waals surface area (Å²) < 4.78 is 25.8. The fourth-order valence-corrected chi connectivity index (χ4v) is 3.26. The predicted molar refractivity (Wildman–Crippen MR) is 109 cm³/mol. The highest BCUT2D eigenvalue weighted by atomic mass is 19.3. The molecule has 4 rings (SSSR count). The van der Waals surface area contributed by atoms with Crippen molar-refractivity contribution in [3.8, 4) is 0 Å². The molecule has 3 aromatic carbocycles. The summed E-state index contributed by atoms with van der Waals surface area (Å²) in [6.07, 6.45) is -1.99. The molecule has 1 N–H and O–H groups in total. The molecule has 6 heteroatoms. The quantitative estimate of drug-likeness (QED) is 0.479. The number of anilines is 1. The van der Waals surface area contributed by atoms with Gasteiger partial charge in [0.2, 0.25) is 0 Å². The summed E-state index contributed by atoms with van der Waals surface area (Å²) in [6, 6.07) is 24.2. The Balaban J connectivity index is 1.64. The molecule has 1 aromatic heterocycles. The second kappa shape index (κ2) is 8.22. The van der Waals surface area contributed by atoms with Crippen molar-refractivity contribution in [3.63, 3.8) is 0 Å². The van der Waals surface area contributed by atoms with E-state index in [2.05, 4.69) is 9.97 Å². The molecule has 0 aliphatic carbocycles. The molecule has 0 radical (unpaired) electrons. The van der Waals surface area contributed by atoms with E-state index in [1.165, 1.54) is 0 Å². The molecular weight excluding hydrogens is 372 g/mol. The largest absolute Gasteiger partial charge is 0.337 e. The minimum Gasteiger partial charge on any atom is -0.337 e. The summed E-state index contributed by atoms with van der Waals surface area (Å²) in [5.74, 6) is -0.587. The number of H-pyrrole nitrogens is 1. The molecule has 0 atom stereocenters. The number of para-hydroxylation sites is 1. The molecule has 0 spiro atoms. The first-order valence-electron chi connectivity index (χ1n) is 9.30. The minimum absolute atomic E-state index is 0.192. The molecule has 0 bridgehead atoms. The lowest BCUT2D eigenvalue weighted by atomic mass is 10.1. The molecule has 1 amide bonds.